The summed E-state index contributed by atoms with van der Waals surface area (Å²) in [5.74, 6) is 0. The molecule has 1 N–H and O–H groups in total. The molecule has 0 bridgehead atoms. The van der Waals surface area contributed by atoms with Crippen molar-refractivity contribution < 1.29 is 9.47 Å². The minimum atomic E-state index is 0.0301. The number of ether oxygens (including phenoxy) is 2. The zero-order chi connectivity index (χ0) is 13.7. The molecule has 19 heavy (non-hydrogen) atoms. The molecule has 0 saturated carbocycles. The van der Waals surface area contributed by atoms with Crippen LogP contribution in [-0.2, 0) is 22.6 Å². The highest BCUT2D eigenvalue weighted by Crippen LogP contribution is 2.29. The van der Waals surface area contributed by atoms with Crippen molar-refractivity contribution in [2.45, 2.75) is 51.5 Å². The van der Waals surface area contributed by atoms with Crippen LogP contribution in [0.25, 0.3) is 0 Å². The first-order chi connectivity index (χ1) is 9.09. The van der Waals surface area contributed by atoms with E-state index in [0.717, 1.165) is 39.1 Å². The van der Waals surface area contributed by atoms with Crippen molar-refractivity contribution in [3.05, 3.63) is 18.0 Å². The Labute approximate surface area is 115 Å². The summed E-state index contributed by atoms with van der Waals surface area (Å²) < 4.78 is 13.0. The Kier molecular flexibility index (Phi) is 4.96. The number of hydrogen-bond acceptors (Lipinski definition) is 4. The number of nitrogens with one attached hydrogen (secondary N) is 1. The van der Waals surface area contributed by atoms with E-state index in [2.05, 4.69) is 30.5 Å². The smallest absolute Gasteiger partial charge is 0.0779 e. The molecule has 2 heterocycles. The first-order valence-electron chi connectivity index (χ1n) is 6.98. The van der Waals surface area contributed by atoms with Crippen LogP contribution < -0.4 is 5.32 Å². The van der Waals surface area contributed by atoms with Crippen LogP contribution in [0.15, 0.2) is 12.4 Å². The second-order valence-corrected chi connectivity index (χ2v) is 5.78. The molecule has 1 unspecified atom stereocenters. The second-order valence-electron chi connectivity index (χ2n) is 5.78. The van der Waals surface area contributed by atoms with E-state index < -0.39 is 0 Å². The molecule has 1 aromatic rings. The van der Waals surface area contributed by atoms with E-state index in [-0.39, 0.29) is 5.60 Å². The van der Waals surface area contributed by atoms with E-state index in [1.165, 1.54) is 5.56 Å². The molecular formula is C14H25N3O2. The topological polar surface area (TPSA) is 48.3 Å². The molecule has 1 aromatic heterocycles. The highest BCUT2D eigenvalue weighted by atomic mass is 16.5. The maximum Gasteiger partial charge on any atom is 0.0779 e. The molecule has 2 rings (SSSR count). The van der Waals surface area contributed by atoms with Crippen LogP contribution in [0.1, 0.15) is 32.3 Å². The number of hydrogen-bond donors (Lipinski definition) is 1. The maximum absolute atomic E-state index is 5.98. The molecule has 1 fully saturated rings. The molecule has 5 nitrogen and oxygen atoms in total. The van der Waals surface area contributed by atoms with Gasteiger partial charge in [0.25, 0.3) is 0 Å². The minimum absolute atomic E-state index is 0.0301. The molecule has 0 spiro atoms. The lowest BCUT2D eigenvalue weighted by atomic mass is 10.1. The fourth-order valence-electron chi connectivity index (χ4n) is 2.42. The summed E-state index contributed by atoms with van der Waals surface area (Å²) in [6.07, 6.45) is 6.55. The van der Waals surface area contributed by atoms with Crippen LogP contribution >= 0.6 is 0 Å². The van der Waals surface area contributed by atoms with Crippen molar-refractivity contribution in [3.8, 4) is 0 Å². The van der Waals surface area contributed by atoms with Gasteiger partial charge in [0, 0.05) is 32.0 Å². The van der Waals surface area contributed by atoms with Gasteiger partial charge in [-0.1, -0.05) is 0 Å². The Morgan fingerprint density at radius 1 is 1.58 bits per heavy atom. The summed E-state index contributed by atoms with van der Waals surface area (Å²) in [6, 6.07) is 0. The van der Waals surface area contributed by atoms with E-state index in [1.807, 2.05) is 10.9 Å². The molecule has 1 saturated heterocycles. The van der Waals surface area contributed by atoms with Crippen LogP contribution in [0, 0.1) is 0 Å². The minimum Gasteiger partial charge on any atom is -0.383 e. The van der Waals surface area contributed by atoms with Gasteiger partial charge in [-0.2, -0.15) is 5.10 Å². The first kappa shape index (κ1) is 14.5. The van der Waals surface area contributed by atoms with Gasteiger partial charge in [0.1, 0.15) is 0 Å². The largest absolute Gasteiger partial charge is 0.383 e. The standard InChI is InChI=1S/C14H25N3O2/c1-14(2)5-4-13(19-14)11-17-10-12(9-16-17)8-15-6-7-18-3/h9-10,13,15H,4-8,11H2,1-3H3. The molecule has 0 aromatic carbocycles. The van der Waals surface area contributed by atoms with Gasteiger partial charge in [-0.3, -0.25) is 4.68 Å². The first-order valence-corrected chi connectivity index (χ1v) is 6.98. The Hall–Kier alpha value is -0.910. The predicted molar refractivity (Wildman–Crippen MR) is 74.0 cm³/mol. The van der Waals surface area contributed by atoms with Crippen molar-refractivity contribution in [1.82, 2.24) is 15.1 Å². The SMILES string of the molecule is COCCNCc1cnn(CC2CCC(C)(C)O2)c1. The van der Waals surface area contributed by atoms with Crippen molar-refractivity contribution in [2.24, 2.45) is 0 Å². The average Bonchev–Trinajstić information content (AvgIpc) is 2.92. The van der Waals surface area contributed by atoms with Crippen LogP contribution in [0.4, 0.5) is 0 Å². The summed E-state index contributed by atoms with van der Waals surface area (Å²) in [6.45, 7) is 7.59. The van der Waals surface area contributed by atoms with E-state index in [0.29, 0.717) is 6.10 Å². The van der Waals surface area contributed by atoms with Gasteiger partial charge >= 0.3 is 0 Å². The van der Waals surface area contributed by atoms with E-state index >= 15 is 0 Å². The van der Waals surface area contributed by atoms with Gasteiger partial charge < -0.3 is 14.8 Å². The molecular weight excluding hydrogens is 242 g/mol. The second kappa shape index (κ2) is 6.50. The van der Waals surface area contributed by atoms with Gasteiger partial charge in [-0.05, 0) is 26.7 Å². The van der Waals surface area contributed by atoms with E-state index in [1.54, 1.807) is 7.11 Å². The molecule has 0 radical (unpaired) electrons. The Morgan fingerprint density at radius 2 is 2.42 bits per heavy atom. The monoisotopic (exact) mass is 267 g/mol. The lowest BCUT2D eigenvalue weighted by molar-refractivity contribution is -0.0229. The zero-order valence-corrected chi connectivity index (χ0v) is 12.2. The van der Waals surface area contributed by atoms with Crippen LogP contribution in [0.5, 0.6) is 0 Å². The summed E-state index contributed by atoms with van der Waals surface area (Å²) in [5, 5.41) is 7.70. The average molecular weight is 267 g/mol. The van der Waals surface area contributed by atoms with Crippen LogP contribution in [0.2, 0.25) is 0 Å². The third kappa shape index (κ3) is 4.60. The van der Waals surface area contributed by atoms with E-state index in [4.69, 9.17) is 9.47 Å². The summed E-state index contributed by atoms with van der Waals surface area (Å²) in [5.41, 5.74) is 1.23. The number of aromatic nitrogens is 2. The zero-order valence-electron chi connectivity index (χ0n) is 12.2. The lowest BCUT2D eigenvalue weighted by Gasteiger charge is -2.19. The predicted octanol–water partition coefficient (Wildman–Crippen LogP) is 1.58. The van der Waals surface area contributed by atoms with Gasteiger partial charge in [0.05, 0.1) is 31.1 Å². The molecule has 1 atom stereocenters. The van der Waals surface area contributed by atoms with Crippen molar-refractivity contribution in [1.29, 1.82) is 0 Å². The summed E-state index contributed by atoms with van der Waals surface area (Å²) in [7, 11) is 1.71. The lowest BCUT2D eigenvalue weighted by Crippen LogP contribution is -2.23. The Balaban J connectivity index is 1.75. The summed E-state index contributed by atoms with van der Waals surface area (Å²) in [4.78, 5) is 0. The van der Waals surface area contributed by atoms with Gasteiger partial charge in [0.2, 0.25) is 0 Å². The third-order valence-electron chi connectivity index (χ3n) is 3.44. The van der Waals surface area contributed by atoms with Gasteiger partial charge in [-0.25, -0.2) is 0 Å². The fourth-order valence-corrected chi connectivity index (χ4v) is 2.42. The molecule has 108 valence electrons. The van der Waals surface area contributed by atoms with Crippen LogP contribution in [0.3, 0.4) is 0 Å². The number of methoxy groups -OCH3 is 1. The Bertz CT molecular complexity index is 390. The molecule has 0 amide bonds. The van der Waals surface area contributed by atoms with E-state index in [9.17, 15) is 0 Å². The number of nitrogens with zero attached hydrogens (tertiary/aromatic N) is 2. The molecule has 0 aliphatic carbocycles. The van der Waals surface area contributed by atoms with Crippen molar-refractivity contribution >= 4 is 0 Å². The Morgan fingerprint density at radius 3 is 3.11 bits per heavy atom. The normalized spacial score (nSPS) is 21.9. The third-order valence-corrected chi connectivity index (χ3v) is 3.44. The molecule has 1 aliphatic rings. The summed E-state index contributed by atoms with van der Waals surface area (Å²) >= 11 is 0. The van der Waals surface area contributed by atoms with Crippen molar-refractivity contribution in [3.63, 3.8) is 0 Å². The molecule has 5 heteroatoms. The fraction of sp³-hybridized carbons (Fsp3) is 0.786. The van der Waals surface area contributed by atoms with Crippen LogP contribution in [-0.4, -0.2) is 41.7 Å². The highest BCUT2D eigenvalue weighted by molar-refractivity contribution is 5.03. The quantitative estimate of drug-likeness (QED) is 0.762. The molecule has 1 aliphatic heterocycles. The maximum atomic E-state index is 5.98. The van der Waals surface area contributed by atoms with Gasteiger partial charge in [0.15, 0.2) is 0 Å². The highest BCUT2D eigenvalue weighted by Gasteiger charge is 2.31. The van der Waals surface area contributed by atoms with Crippen molar-refractivity contribution in [2.75, 3.05) is 20.3 Å². The number of rotatable bonds is 7. The van der Waals surface area contributed by atoms with Gasteiger partial charge in [-0.15, -0.1) is 0 Å².